The molecule has 12 atom stereocenters. The topological polar surface area (TPSA) is 199 Å². The second-order valence-electron chi connectivity index (χ2n) is 15.8. The minimum Gasteiger partial charge on any atom is -0.726 e. The van der Waals surface area contributed by atoms with E-state index < -0.39 is 60.8 Å². The van der Waals surface area contributed by atoms with Crippen LogP contribution in [0.15, 0.2) is 0 Å². The van der Waals surface area contributed by atoms with Crippen LogP contribution in [0.4, 0.5) is 0 Å². The third-order valence-corrected chi connectivity index (χ3v) is 14.1. The summed E-state index contributed by atoms with van der Waals surface area (Å²) in [7, 11) is -15.8. The fourth-order valence-electron chi connectivity index (χ4n) is 10.1. The maximum Gasteiger partial charge on any atom is 1.00 e. The van der Waals surface area contributed by atoms with Crippen molar-refractivity contribution in [1.29, 1.82) is 0 Å². The van der Waals surface area contributed by atoms with Crippen molar-refractivity contribution in [3.63, 3.8) is 0 Å². The Labute approximate surface area is 349 Å². The van der Waals surface area contributed by atoms with Gasteiger partial charge in [-0.25, -0.2) is 25.3 Å². The fraction of sp³-hybridized carbons (Fsp3) is 1.00. The molecule has 258 valence electrons. The van der Waals surface area contributed by atoms with E-state index >= 15 is 0 Å². The molecule has 18 heteroatoms. The predicted octanol–water partition coefficient (Wildman–Crippen LogP) is -4.49. The van der Waals surface area contributed by atoms with E-state index in [1.807, 2.05) is 6.92 Å². The molecule has 4 aliphatic rings. The molecule has 0 aliphatic heterocycles. The van der Waals surface area contributed by atoms with Gasteiger partial charge in [-0.1, -0.05) is 54.9 Å². The van der Waals surface area contributed by atoms with Gasteiger partial charge in [-0.2, -0.15) is 0 Å². The van der Waals surface area contributed by atoms with E-state index in [1.54, 1.807) is 0 Å². The molecule has 4 fully saturated rings. The minimum atomic E-state index is -5.35. The zero-order chi connectivity index (χ0) is 33.3. The Bertz CT molecular complexity index is 1390. The zero-order valence-electron chi connectivity index (χ0n) is 29.8. The maximum absolute atomic E-state index is 11.9. The zero-order valence-corrected chi connectivity index (χ0v) is 38.2. The third-order valence-electron chi connectivity index (χ3n) is 12.6. The monoisotopic (exact) mass is 754 g/mol. The van der Waals surface area contributed by atoms with Crippen molar-refractivity contribution in [3.8, 4) is 0 Å². The van der Waals surface area contributed by atoms with Gasteiger partial charge < -0.3 is 13.7 Å². The van der Waals surface area contributed by atoms with Crippen LogP contribution in [0.3, 0.4) is 0 Å². The van der Waals surface area contributed by atoms with Crippen molar-refractivity contribution in [2.45, 2.75) is 125 Å². The smallest absolute Gasteiger partial charge is 0.726 e. The fourth-order valence-corrected chi connectivity index (χ4v) is 11.7. The predicted molar refractivity (Wildman–Crippen MR) is 157 cm³/mol. The SMILES string of the molecule is C[C@H](CC[C@H](C)C(C)(C)C)[C@H]1CC[C@H]2[C@@H]3C[C@H](OS(=O)(=O)[O-])[C@H]4C[C@H](OS(=O)(=O)[O-])[C@@H](OS(=O)(=O)[O-])C[C@]4(C)[C@H]3CC[C@]12C.[Na+].[Na+].[Na+]. The van der Waals surface area contributed by atoms with Crippen molar-refractivity contribution in [3.05, 3.63) is 0 Å². The van der Waals surface area contributed by atoms with Crippen LogP contribution < -0.4 is 88.7 Å². The Kier molecular flexibility index (Phi) is 17.2. The van der Waals surface area contributed by atoms with Crippen molar-refractivity contribution < 1.29 is 140 Å². The second kappa shape index (κ2) is 17.0. The van der Waals surface area contributed by atoms with Gasteiger partial charge in [0.15, 0.2) is 0 Å². The van der Waals surface area contributed by atoms with Crippen molar-refractivity contribution in [2.75, 3.05) is 0 Å². The van der Waals surface area contributed by atoms with Gasteiger partial charge in [0.25, 0.3) is 0 Å². The van der Waals surface area contributed by atoms with E-state index in [1.165, 1.54) is 0 Å². The Balaban J connectivity index is 0.00000368. The first-order chi connectivity index (χ1) is 19.8. The summed E-state index contributed by atoms with van der Waals surface area (Å²) in [4.78, 5) is 0. The van der Waals surface area contributed by atoms with Crippen LogP contribution in [-0.4, -0.2) is 57.2 Å². The molecule has 4 aliphatic carbocycles. The van der Waals surface area contributed by atoms with Gasteiger partial charge in [-0.3, -0.25) is 12.5 Å². The molecule has 4 saturated carbocycles. The van der Waals surface area contributed by atoms with E-state index in [9.17, 15) is 38.9 Å². The first kappa shape index (κ1) is 47.6. The van der Waals surface area contributed by atoms with E-state index in [4.69, 9.17) is 8.37 Å². The summed E-state index contributed by atoms with van der Waals surface area (Å²) < 4.78 is 120. The largest absolute Gasteiger partial charge is 1.00 e. The summed E-state index contributed by atoms with van der Waals surface area (Å²) in [6, 6.07) is 0. The van der Waals surface area contributed by atoms with E-state index in [2.05, 4.69) is 45.7 Å². The average molecular weight is 755 g/mol. The molecule has 0 spiro atoms. The summed E-state index contributed by atoms with van der Waals surface area (Å²) in [5, 5.41) is 0. The van der Waals surface area contributed by atoms with Crippen LogP contribution in [0, 0.1) is 57.7 Å². The molecule has 0 amide bonds. The Morgan fingerprint density at radius 3 is 1.68 bits per heavy atom. The van der Waals surface area contributed by atoms with Gasteiger partial charge in [0.1, 0.15) is 12.2 Å². The molecule has 0 aromatic rings. The van der Waals surface area contributed by atoms with Crippen molar-refractivity contribution in [2.24, 2.45) is 57.7 Å². The van der Waals surface area contributed by atoms with Gasteiger partial charge in [0.05, 0.1) is 6.10 Å². The van der Waals surface area contributed by atoms with E-state index in [0.717, 1.165) is 38.5 Å². The number of fused-ring (bicyclic) bond motifs is 5. The average Bonchev–Trinajstić information content (AvgIpc) is 3.17. The van der Waals surface area contributed by atoms with Gasteiger partial charge >= 0.3 is 88.7 Å². The Morgan fingerprint density at radius 2 is 1.17 bits per heavy atom. The molecule has 0 radical (unpaired) electrons. The van der Waals surface area contributed by atoms with Crippen LogP contribution in [0.2, 0.25) is 0 Å². The van der Waals surface area contributed by atoms with Crippen molar-refractivity contribution >= 4 is 31.2 Å². The second-order valence-corrected chi connectivity index (χ2v) is 18.9. The maximum atomic E-state index is 11.9. The standard InChI is InChI=1S/C29H52O12S3.3Na/c1-17(8-9-18(2)27(3,4)5)20-10-11-21-19-14-24(39-42(30,31)32)23-15-25(40-43(33,34)35)26(41-44(36,37)38)16-29(23,7)22(19)12-13-28(20,21)6;;;/h17-26H,8-16H2,1-7H3,(H,30,31,32)(H,33,34,35)(H,36,37,38);;;/q;3*+1/p-3/t17-,18+,19+,20-,21+,22+,23-,24+,25+,26+,28-,29-;;;/m1.../s1. The molecule has 0 N–H and O–H groups in total. The quantitative estimate of drug-likeness (QED) is 0.118. The molecule has 0 unspecified atom stereocenters. The first-order valence-electron chi connectivity index (χ1n) is 15.8. The third kappa shape index (κ3) is 11.3. The number of hydrogen-bond acceptors (Lipinski definition) is 12. The van der Waals surface area contributed by atoms with Crippen LogP contribution >= 0.6 is 0 Å². The van der Waals surface area contributed by atoms with Gasteiger partial charge in [-0.05, 0) is 109 Å². The minimum absolute atomic E-state index is 0. The molecule has 47 heavy (non-hydrogen) atoms. The molecule has 0 aromatic heterocycles. The normalized spacial score (nSPS) is 38.7. The van der Waals surface area contributed by atoms with Crippen molar-refractivity contribution in [1.82, 2.24) is 0 Å². The summed E-state index contributed by atoms with van der Waals surface area (Å²) in [5.74, 6) is 0.809. The Hall–Kier alpha value is 2.61. The Morgan fingerprint density at radius 1 is 0.681 bits per heavy atom. The summed E-state index contributed by atoms with van der Waals surface area (Å²) in [5.41, 5.74) is -0.700. The summed E-state index contributed by atoms with van der Waals surface area (Å²) in [6.45, 7) is 15.6. The molecule has 0 saturated heterocycles. The van der Waals surface area contributed by atoms with Crippen LogP contribution in [0.5, 0.6) is 0 Å². The molecule has 0 bridgehead atoms. The van der Waals surface area contributed by atoms with Gasteiger partial charge in [0, 0.05) is 0 Å². The van der Waals surface area contributed by atoms with Crippen LogP contribution in [-0.2, 0) is 43.7 Å². The van der Waals surface area contributed by atoms with Crippen LogP contribution in [0.1, 0.15) is 106 Å². The number of hydrogen-bond donors (Lipinski definition) is 0. The molecule has 12 nitrogen and oxygen atoms in total. The molecule has 0 aromatic carbocycles. The summed E-state index contributed by atoms with van der Waals surface area (Å²) in [6.07, 6.45) is 1.15. The van der Waals surface area contributed by atoms with E-state index in [0.29, 0.717) is 17.8 Å². The van der Waals surface area contributed by atoms with E-state index in [-0.39, 0.29) is 137 Å². The van der Waals surface area contributed by atoms with Crippen LogP contribution in [0.25, 0.3) is 0 Å². The van der Waals surface area contributed by atoms with Gasteiger partial charge in [0.2, 0.25) is 31.2 Å². The first-order valence-corrected chi connectivity index (χ1v) is 19.8. The number of rotatable bonds is 10. The summed E-state index contributed by atoms with van der Waals surface area (Å²) >= 11 is 0. The van der Waals surface area contributed by atoms with Gasteiger partial charge in [-0.15, -0.1) is 0 Å². The molecular weight excluding hydrogens is 705 g/mol. The molecule has 4 rings (SSSR count). The molecular formula is C29H49Na3O12S3. The molecule has 0 heterocycles.